The van der Waals surface area contributed by atoms with Crippen molar-refractivity contribution in [2.24, 2.45) is 0 Å². The lowest BCUT2D eigenvalue weighted by Crippen LogP contribution is -2.39. The molecule has 0 unspecified atom stereocenters. The number of ether oxygens (including phenoxy) is 1. The zero-order valence-corrected chi connectivity index (χ0v) is 18.9. The van der Waals surface area contributed by atoms with Gasteiger partial charge in [0.15, 0.2) is 5.65 Å². The molecule has 5 rings (SSSR count). The molecule has 2 N–H and O–H groups in total. The average Bonchev–Trinajstić information content (AvgIpc) is 3.27. The summed E-state index contributed by atoms with van der Waals surface area (Å²) in [4.78, 5) is 20.5. The second-order valence-corrected chi connectivity index (χ2v) is 8.33. The normalized spacial score (nSPS) is 14.6. The minimum atomic E-state index is 0.568. The number of aryl methyl sites for hydroxylation is 2. The van der Waals surface area contributed by atoms with Crippen LogP contribution in [0.5, 0.6) is 0 Å². The summed E-state index contributed by atoms with van der Waals surface area (Å²) in [6.07, 6.45) is 5.08. The van der Waals surface area contributed by atoms with E-state index in [4.69, 9.17) is 21.3 Å². The lowest BCUT2D eigenvalue weighted by atomic mass is 10.1. The molecule has 1 aromatic carbocycles. The SMILES string of the molecule is Clc1cccc(CCc2nccc(-c3[nH]nc4nc(NCCN5CCOCC5)ncc34)n2)c1. The molecule has 0 atom stereocenters. The lowest BCUT2D eigenvalue weighted by Gasteiger charge is -2.26. The number of aromatic nitrogens is 6. The molecule has 4 heterocycles. The number of benzene rings is 1. The van der Waals surface area contributed by atoms with Gasteiger partial charge in [-0.15, -0.1) is 0 Å². The number of morpholine rings is 1. The van der Waals surface area contributed by atoms with Crippen LogP contribution in [0.25, 0.3) is 22.4 Å². The van der Waals surface area contributed by atoms with Crippen LogP contribution in [0.3, 0.4) is 0 Å². The molecule has 1 aliphatic heterocycles. The summed E-state index contributed by atoms with van der Waals surface area (Å²) in [5, 5.41) is 12.3. The summed E-state index contributed by atoms with van der Waals surface area (Å²) in [6, 6.07) is 9.72. The number of hydrogen-bond donors (Lipinski definition) is 2. The van der Waals surface area contributed by atoms with Crippen LogP contribution in [0.15, 0.2) is 42.7 Å². The number of nitrogens with zero attached hydrogens (tertiary/aromatic N) is 6. The molecule has 0 amide bonds. The van der Waals surface area contributed by atoms with Crippen LogP contribution in [0.2, 0.25) is 5.02 Å². The third kappa shape index (κ3) is 5.44. The van der Waals surface area contributed by atoms with Crippen LogP contribution < -0.4 is 5.32 Å². The molecule has 1 fully saturated rings. The highest BCUT2D eigenvalue weighted by Crippen LogP contribution is 2.24. The number of fused-ring (bicyclic) bond motifs is 1. The van der Waals surface area contributed by atoms with E-state index >= 15 is 0 Å². The second-order valence-electron chi connectivity index (χ2n) is 7.90. The molecule has 0 spiro atoms. The van der Waals surface area contributed by atoms with Crippen molar-refractivity contribution in [2.75, 3.05) is 44.7 Å². The minimum absolute atomic E-state index is 0.568. The lowest BCUT2D eigenvalue weighted by molar-refractivity contribution is 0.0398. The van der Waals surface area contributed by atoms with Crippen LogP contribution in [-0.4, -0.2) is 74.4 Å². The van der Waals surface area contributed by atoms with Gasteiger partial charge in [0.2, 0.25) is 5.95 Å². The van der Waals surface area contributed by atoms with E-state index < -0.39 is 0 Å². The van der Waals surface area contributed by atoms with E-state index in [1.165, 1.54) is 0 Å². The van der Waals surface area contributed by atoms with E-state index in [0.29, 0.717) is 18.0 Å². The molecule has 170 valence electrons. The molecule has 10 heteroatoms. The van der Waals surface area contributed by atoms with Crippen molar-refractivity contribution in [3.8, 4) is 11.4 Å². The van der Waals surface area contributed by atoms with E-state index in [9.17, 15) is 0 Å². The number of hydrogen-bond acceptors (Lipinski definition) is 8. The topological polar surface area (TPSA) is 105 Å². The number of halogens is 1. The Morgan fingerprint density at radius 3 is 2.88 bits per heavy atom. The van der Waals surface area contributed by atoms with E-state index in [2.05, 4.69) is 41.4 Å². The van der Waals surface area contributed by atoms with Gasteiger partial charge in [-0.1, -0.05) is 23.7 Å². The third-order valence-electron chi connectivity index (χ3n) is 5.61. The van der Waals surface area contributed by atoms with Gasteiger partial charge in [-0.2, -0.15) is 10.1 Å². The molecule has 33 heavy (non-hydrogen) atoms. The fraction of sp³-hybridized carbons (Fsp3) is 0.348. The van der Waals surface area contributed by atoms with Gasteiger partial charge < -0.3 is 10.1 Å². The smallest absolute Gasteiger partial charge is 0.224 e. The summed E-state index contributed by atoms with van der Waals surface area (Å²) in [6.45, 7) is 5.21. The van der Waals surface area contributed by atoms with Gasteiger partial charge in [-0.3, -0.25) is 10.00 Å². The fourth-order valence-electron chi connectivity index (χ4n) is 3.84. The summed E-state index contributed by atoms with van der Waals surface area (Å²) < 4.78 is 5.38. The standard InChI is InChI=1S/C23H25ClN8O/c24-17-3-1-2-16(14-17)4-5-20-25-7-6-19(28-20)21-18-15-27-23(29-22(18)31-30-21)26-8-9-32-10-12-33-13-11-32/h1-3,6-7,14-15H,4-5,8-13H2,(H2,26,27,29,30,31). The summed E-state index contributed by atoms with van der Waals surface area (Å²) in [7, 11) is 0. The summed E-state index contributed by atoms with van der Waals surface area (Å²) >= 11 is 6.08. The maximum Gasteiger partial charge on any atom is 0.224 e. The number of nitrogens with one attached hydrogen (secondary N) is 2. The zero-order chi connectivity index (χ0) is 22.5. The summed E-state index contributed by atoms with van der Waals surface area (Å²) in [5.41, 5.74) is 3.32. The minimum Gasteiger partial charge on any atom is -0.379 e. The van der Waals surface area contributed by atoms with Crippen molar-refractivity contribution in [1.82, 2.24) is 35.0 Å². The van der Waals surface area contributed by atoms with E-state index in [1.54, 1.807) is 12.4 Å². The number of aromatic amines is 1. The molecule has 9 nitrogen and oxygen atoms in total. The highest BCUT2D eigenvalue weighted by atomic mass is 35.5. The molecule has 0 aliphatic carbocycles. The largest absolute Gasteiger partial charge is 0.379 e. The van der Waals surface area contributed by atoms with E-state index in [-0.39, 0.29) is 0 Å². The Morgan fingerprint density at radius 2 is 2.00 bits per heavy atom. The van der Waals surface area contributed by atoms with Crippen molar-refractivity contribution in [2.45, 2.75) is 12.8 Å². The molecule has 1 aliphatic rings. The molecule has 0 saturated carbocycles. The van der Waals surface area contributed by atoms with Gasteiger partial charge in [0, 0.05) is 50.0 Å². The predicted octanol–water partition coefficient (Wildman–Crippen LogP) is 2.99. The number of H-pyrrole nitrogens is 1. The Bertz CT molecular complexity index is 1220. The maximum absolute atomic E-state index is 6.08. The van der Waals surface area contributed by atoms with Crippen molar-refractivity contribution < 1.29 is 4.74 Å². The Kier molecular flexibility index (Phi) is 6.71. The predicted molar refractivity (Wildman–Crippen MR) is 127 cm³/mol. The Morgan fingerprint density at radius 1 is 1.09 bits per heavy atom. The van der Waals surface area contributed by atoms with Crippen molar-refractivity contribution in [3.63, 3.8) is 0 Å². The molecule has 0 bridgehead atoms. The van der Waals surface area contributed by atoms with Gasteiger partial charge in [-0.25, -0.2) is 15.0 Å². The maximum atomic E-state index is 6.08. The molecule has 3 aromatic heterocycles. The monoisotopic (exact) mass is 464 g/mol. The molecular formula is C23H25ClN8O. The van der Waals surface area contributed by atoms with Crippen LogP contribution in [0.4, 0.5) is 5.95 Å². The zero-order valence-electron chi connectivity index (χ0n) is 18.2. The third-order valence-corrected chi connectivity index (χ3v) is 5.85. The first-order chi connectivity index (χ1) is 16.2. The highest BCUT2D eigenvalue weighted by molar-refractivity contribution is 6.30. The van der Waals surface area contributed by atoms with Gasteiger partial charge in [0.25, 0.3) is 0 Å². The van der Waals surface area contributed by atoms with Gasteiger partial charge in [0.1, 0.15) is 5.82 Å². The van der Waals surface area contributed by atoms with Crippen LogP contribution >= 0.6 is 11.6 Å². The fourth-order valence-corrected chi connectivity index (χ4v) is 4.05. The Hall–Kier alpha value is -3.14. The Balaban J connectivity index is 1.25. The first-order valence-electron chi connectivity index (χ1n) is 11.1. The van der Waals surface area contributed by atoms with Gasteiger partial charge in [-0.05, 0) is 30.2 Å². The molecule has 4 aromatic rings. The first-order valence-corrected chi connectivity index (χ1v) is 11.4. The number of anilines is 1. The van der Waals surface area contributed by atoms with Crippen molar-refractivity contribution in [3.05, 3.63) is 59.1 Å². The molecule has 0 radical (unpaired) electrons. The van der Waals surface area contributed by atoms with E-state index in [0.717, 1.165) is 79.0 Å². The van der Waals surface area contributed by atoms with Crippen molar-refractivity contribution >= 4 is 28.6 Å². The first kappa shape index (κ1) is 21.7. The Labute approximate surface area is 196 Å². The van der Waals surface area contributed by atoms with Crippen LogP contribution in [0, 0.1) is 0 Å². The molecular weight excluding hydrogens is 440 g/mol. The van der Waals surface area contributed by atoms with Crippen LogP contribution in [0.1, 0.15) is 11.4 Å². The second kappa shape index (κ2) is 10.2. The van der Waals surface area contributed by atoms with Gasteiger partial charge in [0.05, 0.1) is 30.0 Å². The molecule has 1 saturated heterocycles. The van der Waals surface area contributed by atoms with Gasteiger partial charge >= 0.3 is 0 Å². The average molecular weight is 465 g/mol. The quantitative estimate of drug-likeness (QED) is 0.410. The number of rotatable bonds is 8. The van der Waals surface area contributed by atoms with E-state index in [1.807, 2.05) is 24.3 Å². The summed E-state index contributed by atoms with van der Waals surface area (Å²) in [5.74, 6) is 1.33. The van der Waals surface area contributed by atoms with Crippen molar-refractivity contribution in [1.29, 1.82) is 0 Å². The van der Waals surface area contributed by atoms with Crippen LogP contribution in [-0.2, 0) is 17.6 Å². The highest BCUT2D eigenvalue weighted by Gasteiger charge is 2.13.